The van der Waals surface area contributed by atoms with E-state index in [9.17, 15) is 14.9 Å². The highest BCUT2D eigenvalue weighted by atomic mass is 35.5. The summed E-state index contributed by atoms with van der Waals surface area (Å²) in [4.78, 5) is 25.0. The quantitative estimate of drug-likeness (QED) is 0.571. The van der Waals surface area contributed by atoms with Crippen molar-refractivity contribution in [2.75, 3.05) is 33.0 Å². The molecule has 0 bridgehead atoms. The first-order valence-electron chi connectivity index (χ1n) is 8.00. The Balaban J connectivity index is 2.17. The van der Waals surface area contributed by atoms with Crippen LogP contribution in [0.5, 0.6) is 0 Å². The number of hydrogen-bond acceptors (Lipinski definition) is 5. The van der Waals surface area contributed by atoms with E-state index >= 15 is 0 Å². The molecule has 2 aromatic rings. The van der Waals surface area contributed by atoms with Gasteiger partial charge >= 0.3 is 0 Å². The number of nitrogens with one attached hydrogen (secondary N) is 2. The molecule has 0 spiro atoms. The molecule has 0 saturated heterocycles. The second-order valence-electron chi connectivity index (χ2n) is 5.95. The molecule has 0 aliphatic carbocycles. The lowest BCUT2D eigenvalue weighted by Crippen LogP contribution is -2.34. The normalized spacial score (nSPS) is 11.9. The zero-order chi connectivity index (χ0) is 19.3. The summed E-state index contributed by atoms with van der Waals surface area (Å²) >= 11 is 6.26. The van der Waals surface area contributed by atoms with Gasteiger partial charge in [0.15, 0.2) is 0 Å². The molecule has 1 amide bonds. The minimum absolute atomic E-state index is 0.126. The van der Waals surface area contributed by atoms with Crippen molar-refractivity contribution in [1.29, 1.82) is 0 Å². The highest BCUT2D eigenvalue weighted by Crippen LogP contribution is 2.27. The summed E-state index contributed by atoms with van der Waals surface area (Å²) in [6.07, 6.45) is 0. The average Bonchev–Trinajstić information content (AvgIpc) is 2.62. The number of carbonyl (C=O) groups excluding carboxylic acids is 1. The van der Waals surface area contributed by atoms with Crippen LogP contribution in [0.25, 0.3) is 0 Å². The van der Waals surface area contributed by atoms with Gasteiger partial charge in [-0.1, -0.05) is 29.8 Å². The lowest BCUT2D eigenvalue weighted by Gasteiger charge is -2.26. The Morgan fingerprint density at radius 3 is 2.54 bits per heavy atom. The summed E-state index contributed by atoms with van der Waals surface area (Å²) < 4.78 is 0. The molecule has 0 aromatic heterocycles. The molecule has 0 saturated carbocycles. The van der Waals surface area contributed by atoms with Crippen LogP contribution in [0.15, 0.2) is 42.5 Å². The van der Waals surface area contributed by atoms with Gasteiger partial charge < -0.3 is 15.5 Å². The van der Waals surface area contributed by atoms with Crippen LogP contribution in [0, 0.1) is 10.1 Å². The molecular formula is C18H21ClN4O3. The number of rotatable bonds is 7. The lowest BCUT2D eigenvalue weighted by atomic mass is 10.1. The zero-order valence-electron chi connectivity index (χ0n) is 14.8. The molecule has 8 heteroatoms. The Bertz CT molecular complexity index is 811. The molecule has 0 radical (unpaired) electrons. The molecule has 0 aliphatic rings. The standard InChI is InChI=1S/C18H21ClN4O3/c1-20-15-9-8-12(10-16(15)23(25)26)18(24)21-11-17(22(2)3)13-6-4-5-7-14(13)19/h4-10,17,20H,11H2,1-3H3,(H,21,24). The Morgan fingerprint density at radius 1 is 1.27 bits per heavy atom. The van der Waals surface area contributed by atoms with Gasteiger partial charge in [-0.15, -0.1) is 0 Å². The fourth-order valence-corrected chi connectivity index (χ4v) is 2.90. The van der Waals surface area contributed by atoms with Gasteiger partial charge in [0.25, 0.3) is 11.6 Å². The maximum atomic E-state index is 12.5. The van der Waals surface area contributed by atoms with Crippen LogP contribution in [-0.2, 0) is 0 Å². The SMILES string of the molecule is CNc1ccc(C(=O)NCC(c2ccccc2Cl)N(C)C)cc1[N+](=O)[O-]. The lowest BCUT2D eigenvalue weighted by molar-refractivity contribution is -0.384. The summed E-state index contributed by atoms with van der Waals surface area (Å²) in [6, 6.07) is 11.7. The summed E-state index contributed by atoms with van der Waals surface area (Å²) in [5.41, 5.74) is 1.34. The topological polar surface area (TPSA) is 87.5 Å². The number of carbonyl (C=O) groups is 1. The number of anilines is 1. The van der Waals surface area contributed by atoms with E-state index in [4.69, 9.17) is 11.6 Å². The van der Waals surface area contributed by atoms with E-state index < -0.39 is 4.92 Å². The minimum atomic E-state index is -0.519. The van der Waals surface area contributed by atoms with Gasteiger partial charge in [0, 0.05) is 30.2 Å². The van der Waals surface area contributed by atoms with Gasteiger partial charge in [0.1, 0.15) is 5.69 Å². The van der Waals surface area contributed by atoms with E-state index in [-0.39, 0.29) is 23.2 Å². The van der Waals surface area contributed by atoms with E-state index in [2.05, 4.69) is 10.6 Å². The molecule has 1 atom stereocenters. The van der Waals surface area contributed by atoms with Crippen molar-refractivity contribution in [2.24, 2.45) is 0 Å². The number of halogens is 1. The molecule has 0 heterocycles. The van der Waals surface area contributed by atoms with Crippen molar-refractivity contribution in [3.63, 3.8) is 0 Å². The third-order valence-electron chi connectivity index (χ3n) is 4.07. The highest BCUT2D eigenvalue weighted by Gasteiger charge is 2.20. The van der Waals surface area contributed by atoms with Crippen LogP contribution < -0.4 is 10.6 Å². The summed E-state index contributed by atoms with van der Waals surface area (Å²) in [7, 11) is 5.38. The fraction of sp³-hybridized carbons (Fsp3) is 0.278. The first kappa shape index (κ1) is 19.7. The number of nitro groups is 1. The van der Waals surface area contributed by atoms with E-state index in [1.54, 1.807) is 19.2 Å². The molecule has 2 aromatic carbocycles. The zero-order valence-corrected chi connectivity index (χ0v) is 15.6. The number of hydrogen-bond donors (Lipinski definition) is 2. The molecule has 0 fully saturated rings. The average molecular weight is 377 g/mol. The first-order chi connectivity index (χ1) is 12.3. The fourth-order valence-electron chi connectivity index (χ4n) is 2.64. The van der Waals surface area contributed by atoms with Crippen molar-refractivity contribution in [3.05, 3.63) is 68.7 Å². The maximum absolute atomic E-state index is 12.5. The van der Waals surface area contributed by atoms with Gasteiger partial charge in [-0.05, 0) is 37.9 Å². The molecule has 2 rings (SSSR count). The van der Waals surface area contributed by atoms with Crippen LogP contribution in [0.4, 0.5) is 11.4 Å². The minimum Gasteiger partial charge on any atom is -0.383 e. The highest BCUT2D eigenvalue weighted by molar-refractivity contribution is 6.31. The van der Waals surface area contributed by atoms with E-state index in [1.807, 2.05) is 37.2 Å². The third kappa shape index (κ3) is 4.50. The summed E-state index contributed by atoms with van der Waals surface area (Å²) in [5.74, 6) is -0.380. The van der Waals surface area contributed by atoms with Crippen LogP contribution in [-0.4, -0.2) is 43.4 Å². The molecule has 1 unspecified atom stereocenters. The Kier molecular flexibility index (Phi) is 6.54. The van der Waals surface area contributed by atoms with Gasteiger partial charge in [-0.25, -0.2) is 0 Å². The smallest absolute Gasteiger partial charge is 0.293 e. The largest absolute Gasteiger partial charge is 0.383 e. The predicted octanol–water partition coefficient (Wildman–Crippen LogP) is 3.32. The van der Waals surface area contributed by atoms with Crippen molar-refractivity contribution in [3.8, 4) is 0 Å². The van der Waals surface area contributed by atoms with E-state index in [0.29, 0.717) is 17.3 Å². The van der Waals surface area contributed by atoms with Gasteiger partial charge in [0.2, 0.25) is 0 Å². The Morgan fingerprint density at radius 2 is 1.96 bits per heavy atom. The van der Waals surface area contributed by atoms with Gasteiger partial charge in [-0.3, -0.25) is 14.9 Å². The van der Waals surface area contributed by atoms with Crippen LogP contribution in [0.2, 0.25) is 5.02 Å². The summed E-state index contributed by atoms with van der Waals surface area (Å²) in [5, 5.41) is 17.3. The van der Waals surface area contributed by atoms with Gasteiger partial charge in [0.05, 0.1) is 11.0 Å². The predicted molar refractivity (Wildman–Crippen MR) is 103 cm³/mol. The van der Waals surface area contributed by atoms with Crippen LogP contribution in [0.3, 0.4) is 0 Å². The second kappa shape index (κ2) is 8.64. The molecule has 0 aliphatic heterocycles. The number of amides is 1. The number of nitro benzene ring substituents is 1. The Labute approximate surface area is 157 Å². The molecule has 138 valence electrons. The van der Waals surface area contributed by atoms with E-state index in [0.717, 1.165) is 5.56 Å². The van der Waals surface area contributed by atoms with Crippen molar-refractivity contribution >= 4 is 28.9 Å². The van der Waals surface area contributed by atoms with Crippen molar-refractivity contribution in [2.45, 2.75) is 6.04 Å². The Hall–Kier alpha value is -2.64. The number of nitrogens with zero attached hydrogens (tertiary/aromatic N) is 2. The monoisotopic (exact) mass is 376 g/mol. The molecule has 26 heavy (non-hydrogen) atoms. The molecule has 2 N–H and O–H groups in total. The van der Waals surface area contributed by atoms with Crippen LogP contribution in [0.1, 0.15) is 22.0 Å². The number of benzene rings is 2. The number of likely N-dealkylation sites (N-methyl/N-ethyl adjacent to an activating group) is 1. The first-order valence-corrected chi connectivity index (χ1v) is 8.38. The summed E-state index contributed by atoms with van der Waals surface area (Å²) in [6.45, 7) is 0.317. The van der Waals surface area contributed by atoms with Crippen molar-refractivity contribution < 1.29 is 9.72 Å². The second-order valence-corrected chi connectivity index (χ2v) is 6.36. The maximum Gasteiger partial charge on any atom is 0.293 e. The van der Waals surface area contributed by atoms with E-state index in [1.165, 1.54) is 12.1 Å². The third-order valence-corrected chi connectivity index (χ3v) is 4.41. The van der Waals surface area contributed by atoms with Crippen LogP contribution >= 0.6 is 11.6 Å². The molecule has 7 nitrogen and oxygen atoms in total. The van der Waals surface area contributed by atoms with Gasteiger partial charge in [-0.2, -0.15) is 0 Å². The van der Waals surface area contributed by atoms with Crippen molar-refractivity contribution in [1.82, 2.24) is 10.2 Å². The molecular weight excluding hydrogens is 356 g/mol.